The second-order valence-electron chi connectivity index (χ2n) is 10.1. The van der Waals surface area contributed by atoms with E-state index in [0.29, 0.717) is 28.2 Å². The number of halogens is 2. The normalized spacial score (nSPS) is 18.4. The van der Waals surface area contributed by atoms with Gasteiger partial charge >= 0.3 is 6.03 Å². The van der Waals surface area contributed by atoms with Crippen molar-refractivity contribution < 1.29 is 18.7 Å². The predicted molar refractivity (Wildman–Crippen MR) is 135 cm³/mol. The van der Waals surface area contributed by atoms with Crippen LogP contribution in [0.1, 0.15) is 43.0 Å². The maximum Gasteiger partial charge on any atom is 0.320 e. The second kappa shape index (κ2) is 9.11. The molecule has 2 aromatic carbocycles. The lowest BCUT2D eigenvalue weighted by Gasteiger charge is -2.40. The lowest BCUT2D eigenvalue weighted by molar-refractivity contribution is 0.0878. The summed E-state index contributed by atoms with van der Waals surface area (Å²) in [6.07, 6.45) is 2.80. The van der Waals surface area contributed by atoms with Gasteiger partial charge in [-0.3, -0.25) is 10.00 Å². The van der Waals surface area contributed by atoms with E-state index in [1.165, 1.54) is 0 Å². The molecule has 0 bridgehead atoms. The van der Waals surface area contributed by atoms with Gasteiger partial charge in [-0.25, -0.2) is 18.3 Å². The molecular weight excluding hydrogens is 478 g/mol. The van der Waals surface area contributed by atoms with Gasteiger partial charge in [-0.05, 0) is 54.2 Å². The summed E-state index contributed by atoms with van der Waals surface area (Å²) in [5, 5.41) is 25.5. The number of carbonyl (C=O) groups is 1. The minimum atomic E-state index is -1.03. The Bertz CT molecular complexity index is 1480. The molecule has 4 aromatic rings. The van der Waals surface area contributed by atoms with E-state index in [1.54, 1.807) is 15.6 Å². The van der Waals surface area contributed by atoms with Crippen molar-refractivity contribution in [1.82, 2.24) is 24.9 Å². The zero-order valence-electron chi connectivity index (χ0n) is 21.0. The zero-order chi connectivity index (χ0) is 26.5. The second-order valence-corrected chi connectivity index (χ2v) is 10.1. The van der Waals surface area contributed by atoms with Crippen LogP contribution < -0.4 is 10.6 Å². The lowest BCUT2D eigenvalue weighted by Crippen LogP contribution is -2.45. The van der Waals surface area contributed by atoms with E-state index in [9.17, 15) is 18.7 Å². The number of benzene rings is 2. The largest absolute Gasteiger partial charge is 0.391 e. The Morgan fingerprint density at radius 2 is 1.86 bits per heavy atom. The van der Waals surface area contributed by atoms with Crippen LogP contribution in [-0.2, 0) is 12.5 Å². The number of urea groups is 1. The highest BCUT2D eigenvalue weighted by atomic mass is 19.2. The highest BCUT2D eigenvalue weighted by molar-refractivity contribution is 5.91. The molecule has 192 valence electrons. The SMILES string of the molecule is Cc1c(-c2cnn(C)c2)nn(-c2ccccc2)c1NC(=O)NC1c2cc(F)c(F)cc2C(C)(C)C[C@H]1O. The van der Waals surface area contributed by atoms with Crippen molar-refractivity contribution in [3.05, 3.63) is 83.2 Å². The predicted octanol–water partition coefficient (Wildman–Crippen LogP) is 4.76. The fourth-order valence-electron chi connectivity index (χ4n) is 5.04. The van der Waals surface area contributed by atoms with Gasteiger partial charge in [-0.1, -0.05) is 32.0 Å². The standard InChI is InChI=1S/C27H28F2N6O2/c1-15-23(16-13-30-34(4)14-16)33-35(17-8-6-5-7-9-17)25(15)32-26(37)31-24-18-10-20(28)21(29)11-19(18)27(2,3)12-22(24)36/h5-11,13-14,22,24,36H,12H2,1-4H3,(H2,31,32,37)/t22-,24?/m1/s1. The van der Waals surface area contributed by atoms with Crippen LogP contribution in [0.2, 0.25) is 0 Å². The first-order valence-electron chi connectivity index (χ1n) is 11.9. The number of hydrogen-bond donors (Lipinski definition) is 3. The average Bonchev–Trinajstić information content (AvgIpc) is 3.41. The van der Waals surface area contributed by atoms with E-state index >= 15 is 0 Å². The number of para-hydroxylation sites is 1. The topological polar surface area (TPSA) is 97.0 Å². The summed E-state index contributed by atoms with van der Waals surface area (Å²) in [4.78, 5) is 13.3. The molecule has 0 radical (unpaired) electrons. The van der Waals surface area contributed by atoms with Crippen LogP contribution in [0.25, 0.3) is 16.9 Å². The Labute approximate surface area is 212 Å². The molecule has 0 aliphatic heterocycles. The molecular formula is C27H28F2N6O2. The Hall–Kier alpha value is -4.05. The van der Waals surface area contributed by atoms with Crippen molar-refractivity contribution in [2.24, 2.45) is 7.05 Å². The summed E-state index contributed by atoms with van der Waals surface area (Å²) in [6, 6.07) is 10.0. The van der Waals surface area contributed by atoms with Crippen molar-refractivity contribution in [1.29, 1.82) is 0 Å². The molecule has 3 N–H and O–H groups in total. The number of aryl methyl sites for hydroxylation is 1. The molecule has 0 saturated carbocycles. The molecule has 5 rings (SSSR count). The first-order valence-corrected chi connectivity index (χ1v) is 11.9. The molecule has 8 nitrogen and oxygen atoms in total. The first-order chi connectivity index (χ1) is 17.5. The summed E-state index contributed by atoms with van der Waals surface area (Å²) < 4.78 is 31.6. The smallest absolute Gasteiger partial charge is 0.320 e. The van der Waals surface area contributed by atoms with E-state index < -0.39 is 35.2 Å². The molecule has 0 spiro atoms. The van der Waals surface area contributed by atoms with Gasteiger partial charge in [0.25, 0.3) is 0 Å². The third kappa shape index (κ3) is 4.48. The Kier molecular flexibility index (Phi) is 6.07. The number of rotatable bonds is 4. The monoisotopic (exact) mass is 506 g/mol. The average molecular weight is 507 g/mol. The Balaban J connectivity index is 1.50. The summed E-state index contributed by atoms with van der Waals surface area (Å²) in [7, 11) is 1.81. The number of aliphatic hydroxyl groups excluding tert-OH is 1. The zero-order valence-corrected chi connectivity index (χ0v) is 21.0. The highest BCUT2D eigenvalue weighted by Gasteiger charge is 2.40. The van der Waals surface area contributed by atoms with Gasteiger partial charge in [0.15, 0.2) is 11.6 Å². The summed E-state index contributed by atoms with van der Waals surface area (Å²) in [5.74, 6) is -1.56. The number of hydrogen-bond acceptors (Lipinski definition) is 4. The third-order valence-corrected chi connectivity index (χ3v) is 6.88. The lowest BCUT2D eigenvalue weighted by atomic mass is 9.69. The van der Waals surface area contributed by atoms with E-state index in [1.807, 2.05) is 64.3 Å². The number of amides is 2. The Morgan fingerprint density at radius 3 is 2.54 bits per heavy atom. The number of aromatic nitrogens is 4. The maximum atomic E-state index is 14.2. The van der Waals surface area contributed by atoms with Crippen molar-refractivity contribution in [2.75, 3.05) is 5.32 Å². The molecule has 0 fully saturated rings. The number of carbonyl (C=O) groups excluding carboxylic acids is 1. The third-order valence-electron chi connectivity index (χ3n) is 6.88. The fourth-order valence-corrected chi connectivity index (χ4v) is 5.04. The quantitative estimate of drug-likeness (QED) is 0.372. The molecule has 1 unspecified atom stereocenters. The van der Waals surface area contributed by atoms with Crippen LogP contribution in [0.4, 0.5) is 19.4 Å². The van der Waals surface area contributed by atoms with Crippen molar-refractivity contribution in [2.45, 2.75) is 44.8 Å². The van der Waals surface area contributed by atoms with Gasteiger partial charge in [0.05, 0.1) is 24.0 Å². The van der Waals surface area contributed by atoms with Crippen LogP contribution in [-0.4, -0.2) is 36.8 Å². The molecule has 10 heteroatoms. The molecule has 37 heavy (non-hydrogen) atoms. The number of anilines is 1. The summed E-state index contributed by atoms with van der Waals surface area (Å²) >= 11 is 0. The van der Waals surface area contributed by atoms with Crippen LogP contribution in [0.5, 0.6) is 0 Å². The van der Waals surface area contributed by atoms with Gasteiger partial charge in [-0.15, -0.1) is 0 Å². The fraction of sp³-hybridized carbons (Fsp3) is 0.296. The Morgan fingerprint density at radius 1 is 1.16 bits per heavy atom. The van der Waals surface area contributed by atoms with Crippen LogP contribution in [0.15, 0.2) is 54.9 Å². The van der Waals surface area contributed by atoms with Gasteiger partial charge in [0.2, 0.25) is 0 Å². The molecule has 1 aliphatic carbocycles. The minimum absolute atomic E-state index is 0.266. The summed E-state index contributed by atoms with van der Waals surface area (Å²) in [6.45, 7) is 5.55. The van der Waals surface area contributed by atoms with Crippen LogP contribution in [0.3, 0.4) is 0 Å². The van der Waals surface area contributed by atoms with E-state index in [2.05, 4.69) is 15.7 Å². The molecule has 2 aromatic heterocycles. The van der Waals surface area contributed by atoms with E-state index in [0.717, 1.165) is 23.4 Å². The number of aliphatic hydroxyl groups is 1. The van der Waals surface area contributed by atoms with Crippen LogP contribution in [0, 0.1) is 18.6 Å². The van der Waals surface area contributed by atoms with Crippen molar-refractivity contribution >= 4 is 11.8 Å². The highest BCUT2D eigenvalue weighted by Crippen LogP contribution is 2.42. The summed E-state index contributed by atoms with van der Waals surface area (Å²) in [5.41, 5.74) is 3.18. The van der Waals surface area contributed by atoms with Gasteiger partial charge < -0.3 is 10.4 Å². The first kappa shape index (κ1) is 24.6. The number of nitrogens with zero attached hydrogens (tertiary/aromatic N) is 4. The molecule has 0 saturated heterocycles. The minimum Gasteiger partial charge on any atom is -0.391 e. The van der Waals surface area contributed by atoms with E-state index in [-0.39, 0.29) is 6.42 Å². The van der Waals surface area contributed by atoms with Crippen molar-refractivity contribution in [3.8, 4) is 16.9 Å². The van der Waals surface area contributed by atoms with Crippen LogP contribution >= 0.6 is 0 Å². The van der Waals surface area contributed by atoms with Gasteiger partial charge in [-0.2, -0.15) is 10.2 Å². The van der Waals surface area contributed by atoms with Gasteiger partial charge in [0.1, 0.15) is 11.5 Å². The van der Waals surface area contributed by atoms with Crippen molar-refractivity contribution in [3.63, 3.8) is 0 Å². The molecule has 2 heterocycles. The number of fused-ring (bicyclic) bond motifs is 1. The molecule has 1 aliphatic rings. The molecule has 2 atom stereocenters. The van der Waals surface area contributed by atoms with Gasteiger partial charge in [0, 0.05) is 24.4 Å². The molecule has 2 amide bonds. The van der Waals surface area contributed by atoms with E-state index in [4.69, 9.17) is 5.10 Å². The number of nitrogens with one attached hydrogen (secondary N) is 2. The maximum absolute atomic E-state index is 14.2.